The molecule has 0 saturated heterocycles. The van der Waals surface area contributed by atoms with Gasteiger partial charge in [-0.25, -0.2) is 4.79 Å². The topological polar surface area (TPSA) is 91.5 Å². The first kappa shape index (κ1) is 13.5. The molecule has 6 nitrogen and oxygen atoms in total. The van der Waals surface area contributed by atoms with Gasteiger partial charge in [0.05, 0.1) is 5.56 Å². The van der Waals surface area contributed by atoms with Gasteiger partial charge in [-0.05, 0) is 24.5 Å². The number of nitrogens with zero attached hydrogens (tertiary/aromatic N) is 2. The summed E-state index contributed by atoms with van der Waals surface area (Å²) < 4.78 is 0. The molecular formula is C12H13ClN4O2. The van der Waals surface area contributed by atoms with E-state index in [1.165, 1.54) is 6.20 Å². The number of aromatic nitrogens is 4. The summed E-state index contributed by atoms with van der Waals surface area (Å²) in [5, 5.41) is 8.07. The van der Waals surface area contributed by atoms with Gasteiger partial charge in [-0.2, -0.15) is 0 Å². The maximum atomic E-state index is 11.7. The van der Waals surface area contributed by atoms with Crippen LogP contribution in [0.1, 0.15) is 25.3 Å². The van der Waals surface area contributed by atoms with Gasteiger partial charge in [0, 0.05) is 6.20 Å². The monoisotopic (exact) mass is 280 g/mol. The highest BCUT2D eigenvalue weighted by Crippen LogP contribution is 2.19. The van der Waals surface area contributed by atoms with Crippen LogP contribution in [0.4, 0.5) is 0 Å². The summed E-state index contributed by atoms with van der Waals surface area (Å²) in [6.07, 6.45) is 4.11. The van der Waals surface area contributed by atoms with Crippen LogP contribution in [0.5, 0.6) is 0 Å². The summed E-state index contributed by atoms with van der Waals surface area (Å²) in [5.41, 5.74) is 0.456. The largest absolute Gasteiger partial charge is 0.325 e. The molecular weight excluding hydrogens is 268 g/mol. The Bertz CT molecular complexity index is 693. The predicted molar refractivity (Wildman–Crippen MR) is 72.3 cm³/mol. The third kappa shape index (κ3) is 3.08. The molecule has 0 aliphatic carbocycles. The normalized spacial score (nSPS) is 10.6. The van der Waals surface area contributed by atoms with E-state index in [0.717, 1.165) is 24.8 Å². The minimum absolute atomic E-state index is 0.265. The van der Waals surface area contributed by atoms with Crippen molar-refractivity contribution in [2.75, 3.05) is 0 Å². The molecule has 0 aliphatic rings. The first-order valence-electron chi connectivity index (χ1n) is 5.96. The molecule has 2 N–H and O–H groups in total. The highest BCUT2D eigenvalue weighted by atomic mass is 35.5. The second-order valence-electron chi connectivity index (χ2n) is 4.13. The fraction of sp³-hybridized carbons (Fsp3) is 0.333. The van der Waals surface area contributed by atoms with Crippen LogP contribution in [0.25, 0.3) is 11.3 Å². The standard InChI is InChI=1S/C12H13ClN4O2/c1-2-3-4-7-5-9(16-17-10(7)13)8-6-14-12(19)15-11(8)18/h5-6H,2-4H2,1H3,(H2,14,15,18,19). The zero-order valence-electron chi connectivity index (χ0n) is 10.4. The van der Waals surface area contributed by atoms with Crippen molar-refractivity contribution in [3.05, 3.63) is 43.8 Å². The number of H-pyrrole nitrogens is 2. The van der Waals surface area contributed by atoms with Crippen LogP contribution in [0.3, 0.4) is 0 Å². The van der Waals surface area contributed by atoms with E-state index in [1.54, 1.807) is 6.07 Å². The van der Waals surface area contributed by atoms with Gasteiger partial charge in [-0.1, -0.05) is 24.9 Å². The fourth-order valence-electron chi connectivity index (χ4n) is 1.69. The van der Waals surface area contributed by atoms with Gasteiger partial charge in [0.25, 0.3) is 5.56 Å². The van der Waals surface area contributed by atoms with Crippen LogP contribution in [0, 0.1) is 0 Å². The lowest BCUT2D eigenvalue weighted by Crippen LogP contribution is -2.23. The Morgan fingerprint density at radius 3 is 2.79 bits per heavy atom. The summed E-state index contributed by atoms with van der Waals surface area (Å²) in [6.45, 7) is 2.08. The van der Waals surface area contributed by atoms with E-state index in [-0.39, 0.29) is 5.56 Å². The molecule has 2 rings (SSSR count). The summed E-state index contributed by atoms with van der Waals surface area (Å²) >= 11 is 5.97. The first-order chi connectivity index (χ1) is 9.11. The summed E-state index contributed by atoms with van der Waals surface area (Å²) in [6, 6.07) is 1.73. The molecule has 100 valence electrons. The number of rotatable bonds is 4. The molecule has 2 heterocycles. The average Bonchev–Trinajstić information content (AvgIpc) is 2.38. The molecule has 0 spiro atoms. The van der Waals surface area contributed by atoms with Crippen molar-refractivity contribution in [2.24, 2.45) is 0 Å². The minimum Gasteiger partial charge on any atom is -0.313 e. The van der Waals surface area contributed by atoms with Crippen LogP contribution in [-0.2, 0) is 6.42 Å². The molecule has 2 aromatic rings. The number of aromatic amines is 2. The molecule has 0 radical (unpaired) electrons. The quantitative estimate of drug-likeness (QED) is 0.888. The van der Waals surface area contributed by atoms with Crippen molar-refractivity contribution in [3.63, 3.8) is 0 Å². The first-order valence-corrected chi connectivity index (χ1v) is 6.34. The number of nitrogens with one attached hydrogen (secondary N) is 2. The maximum Gasteiger partial charge on any atom is 0.325 e. The van der Waals surface area contributed by atoms with Crippen molar-refractivity contribution in [3.8, 4) is 11.3 Å². The van der Waals surface area contributed by atoms with Crippen molar-refractivity contribution < 1.29 is 0 Å². The lowest BCUT2D eigenvalue weighted by atomic mass is 10.1. The van der Waals surface area contributed by atoms with Gasteiger partial charge in [0.2, 0.25) is 0 Å². The zero-order chi connectivity index (χ0) is 13.8. The van der Waals surface area contributed by atoms with E-state index >= 15 is 0 Å². The molecule has 19 heavy (non-hydrogen) atoms. The van der Waals surface area contributed by atoms with Gasteiger partial charge in [-0.3, -0.25) is 9.78 Å². The van der Waals surface area contributed by atoms with Crippen LogP contribution in [0.15, 0.2) is 21.9 Å². The molecule has 0 bridgehead atoms. The van der Waals surface area contributed by atoms with E-state index in [0.29, 0.717) is 10.8 Å². The maximum absolute atomic E-state index is 11.7. The lowest BCUT2D eigenvalue weighted by molar-refractivity contribution is 0.787. The van der Waals surface area contributed by atoms with Crippen molar-refractivity contribution in [1.82, 2.24) is 20.2 Å². The third-order valence-electron chi connectivity index (χ3n) is 2.72. The Hall–Kier alpha value is -1.95. The van der Waals surface area contributed by atoms with Crippen LogP contribution in [0.2, 0.25) is 5.15 Å². The summed E-state index contributed by atoms with van der Waals surface area (Å²) in [5.74, 6) is 0. The Balaban J connectivity index is 2.45. The van der Waals surface area contributed by atoms with Gasteiger partial charge >= 0.3 is 5.69 Å². The van der Waals surface area contributed by atoms with Crippen molar-refractivity contribution in [1.29, 1.82) is 0 Å². The van der Waals surface area contributed by atoms with Crippen LogP contribution >= 0.6 is 11.6 Å². The van der Waals surface area contributed by atoms with E-state index in [9.17, 15) is 9.59 Å². The third-order valence-corrected chi connectivity index (χ3v) is 3.03. The Morgan fingerprint density at radius 2 is 2.11 bits per heavy atom. The Morgan fingerprint density at radius 1 is 1.32 bits per heavy atom. The Kier molecular flexibility index (Phi) is 4.11. The molecule has 0 fully saturated rings. The predicted octanol–water partition coefficient (Wildman–Crippen LogP) is 1.52. The summed E-state index contributed by atoms with van der Waals surface area (Å²) in [4.78, 5) is 27.2. The van der Waals surface area contributed by atoms with Crippen LogP contribution < -0.4 is 11.2 Å². The molecule has 0 saturated carbocycles. The smallest absolute Gasteiger partial charge is 0.313 e. The highest BCUT2D eigenvalue weighted by Gasteiger charge is 2.10. The highest BCUT2D eigenvalue weighted by molar-refractivity contribution is 6.30. The van der Waals surface area contributed by atoms with Crippen LogP contribution in [-0.4, -0.2) is 20.2 Å². The zero-order valence-corrected chi connectivity index (χ0v) is 11.1. The van der Waals surface area contributed by atoms with Gasteiger partial charge in [-0.15, -0.1) is 10.2 Å². The van der Waals surface area contributed by atoms with Gasteiger partial charge in [0.15, 0.2) is 5.15 Å². The molecule has 7 heteroatoms. The van der Waals surface area contributed by atoms with E-state index in [1.807, 2.05) is 0 Å². The molecule has 2 aromatic heterocycles. The average molecular weight is 281 g/mol. The van der Waals surface area contributed by atoms with E-state index in [4.69, 9.17) is 11.6 Å². The van der Waals surface area contributed by atoms with Gasteiger partial charge in [0.1, 0.15) is 5.69 Å². The molecule has 0 unspecified atom stereocenters. The number of hydrogen-bond acceptors (Lipinski definition) is 4. The van der Waals surface area contributed by atoms with E-state index in [2.05, 4.69) is 27.1 Å². The van der Waals surface area contributed by atoms with Crippen molar-refractivity contribution >= 4 is 11.6 Å². The number of aryl methyl sites for hydroxylation is 1. The minimum atomic E-state index is -0.554. The number of hydrogen-bond donors (Lipinski definition) is 2. The van der Waals surface area contributed by atoms with Crippen molar-refractivity contribution in [2.45, 2.75) is 26.2 Å². The number of unbranched alkanes of at least 4 members (excludes halogenated alkanes) is 1. The molecule has 0 amide bonds. The second-order valence-corrected chi connectivity index (χ2v) is 4.49. The molecule has 0 aliphatic heterocycles. The lowest BCUT2D eigenvalue weighted by Gasteiger charge is -2.04. The molecule has 0 aromatic carbocycles. The Labute approximate surface area is 113 Å². The number of halogens is 1. The molecule has 0 atom stereocenters. The fourth-order valence-corrected chi connectivity index (χ4v) is 1.88. The van der Waals surface area contributed by atoms with Gasteiger partial charge < -0.3 is 4.98 Å². The summed E-state index contributed by atoms with van der Waals surface area (Å²) in [7, 11) is 0. The second kappa shape index (κ2) is 5.79. The van der Waals surface area contributed by atoms with E-state index < -0.39 is 11.2 Å². The SMILES string of the molecule is CCCCc1cc(-c2c[nH]c(=O)[nH]c2=O)nnc1Cl.